The van der Waals surface area contributed by atoms with E-state index < -0.39 is 15.9 Å². The highest BCUT2D eigenvalue weighted by molar-refractivity contribution is 7.89. The number of carbonyl (C=O) groups is 1. The first-order chi connectivity index (χ1) is 10.4. The van der Waals surface area contributed by atoms with Gasteiger partial charge in [-0.3, -0.25) is 4.79 Å². The molecule has 1 aliphatic heterocycles. The van der Waals surface area contributed by atoms with Gasteiger partial charge in [0.05, 0.1) is 24.4 Å². The SMILES string of the molecule is CN(C)C=NC(=O)c1ccc(S(=O)(=O)N2CCOCC2)cc1. The molecule has 0 spiro atoms. The van der Waals surface area contributed by atoms with Crippen molar-refractivity contribution in [3.05, 3.63) is 29.8 Å². The Morgan fingerprint density at radius 3 is 2.36 bits per heavy atom. The zero-order valence-electron chi connectivity index (χ0n) is 12.6. The van der Waals surface area contributed by atoms with Crippen LogP contribution in [0.25, 0.3) is 0 Å². The normalized spacial score (nSPS) is 16.8. The minimum atomic E-state index is -3.53. The predicted molar refractivity (Wildman–Crippen MR) is 82.5 cm³/mol. The Hall–Kier alpha value is -1.77. The number of carbonyl (C=O) groups excluding carboxylic acids is 1. The molecule has 1 aromatic carbocycles. The lowest BCUT2D eigenvalue weighted by atomic mass is 10.2. The van der Waals surface area contributed by atoms with Gasteiger partial charge in [0.15, 0.2) is 0 Å². The summed E-state index contributed by atoms with van der Waals surface area (Å²) in [5.41, 5.74) is 0.346. The quantitative estimate of drug-likeness (QED) is 0.593. The van der Waals surface area contributed by atoms with Crippen LogP contribution in [0.15, 0.2) is 34.2 Å². The Labute approximate surface area is 130 Å². The van der Waals surface area contributed by atoms with Gasteiger partial charge in [0, 0.05) is 32.7 Å². The predicted octanol–water partition coefficient (Wildman–Crippen LogP) is 0.438. The van der Waals surface area contributed by atoms with Crippen LogP contribution in [0.5, 0.6) is 0 Å². The number of rotatable bonds is 4. The highest BCUT2D eigenvalue weighted by Crippen LogP contribution is 2.18. The van der Waals surface area contributed by atoms with Crippen molar-refractivity contribution >= 4 is 22.3 Å². The van der Waals surface area contributed by atoms with Crippen LogP contribution < -0.4 is 0 Å². The van der Waals surface area contributed by atoms with Crippen molar-refractivity contribution in [2.45, 2.75) is 4.90 Å². The number of hydrogen-bond donors (Lipinski definition) is 0. The third kappa shape index (κ3) is 3.90. The number of hydrogen-bond acceptors (Lipinski definition) is 4. The maximum absolute atomic E-state index is 12.4. The van der Waals surface area contributed by atoms with E-state index in [-0.39, 0.29) is 4.90 Å². The summed E-state index contributed by atoms with van der Waals surface area (Å²) >= 11 is 0. The van der Waals surface area contributed by atoms with Crippen LogP contribution in [-0.4, -0.2) is 70.3 Å². The van der Waals surface area contributed by atoms with E-state index in [1.807, 2.05) is 0 Å². The van der Waals surface area contributed by atoms with Gasteiger partial charge in [-0.1, -0.05) is 0 Å². The van der Waals surface area contributed by atoms with E-state index >= 15 is 0 Å². The molecule has 0 bridgehead atoms. The van der Waals surface area contributed by atoms with E-state index in [0.29, 0.717) is 31.9 Å². The molecule has 7 nitrogen and oxygen atoms in total. The summed E-state index contributed by atoms with van der Waals surface area (Å²) < 4.78 is 31.4. The molecule has 1 amide bonds. The Balaban J connectivity index is 2.16. The Morgan fingerprint density at radius 1 is 1.23 bits per heavy atom. The smallest absolute Gasteiger partial charge is 0.278 e. The molecule has 0 radical (unpaired) electrons. The molecule has 2 rings (SSSR count). The molecule has 0 aromatic heterocycles. The van der Waals surface area contributed by atoms with Crippen LogP contribution in [0.2, 0.25) is 0 Å². The zero-order valence-corrected chi connectivity index (χ0v) is 13.4. The van der Waals surface area contributed by atoms with Crippen molar-refractivity contribution in [2.75, 3.05) is 40.4 Å². The van der Waals surface area contributed by atoms with Gasteiger partial charge in [-0.2, -0.15) is 9.30 Å². The Kier molecular flexibility index (Phi) is 5.28. The topological polar surface area (TPSA) is 79.3 Å². The average molecular weight is 325 g/mol. The largest absolute Gasteiger partial charge is 0.379 e. The van der Waals surface area contributed by atoms with Gasteiger partial charge < -0.3 is 9.64 Å². The van der Waals surface area contributed by atoms with Gasteiger partial charge >= 0.3 is 0 Å². The Morgan fingerprint density at radius 2 is 1.82 bits per heavy atom. The van der Waals surface area contributed by atoms with Gasteiger partial charge in [0.25, 0.3) is 5.91 Å². The van der Waals surface area contributed by atoms with Gasteiger partial charge in [-0.15, -0.1) is 0 Å². The van der Waals surface area contributed by atoms with Crippen molar-refractivity contribution < 1.29 is 17.9 Å². The van der Waals surface area contributed by atoms with E-state index in [1.165, 1.54) is 34.9 Å². The molecule has 8 heteroatoms. The summed E-state index contributed by atoms with van der Waals surface area (Å²) in [5.74, 6) is -0.413. The van der Waals surface area contributed by atoms with Crippen LogP contribution in [-0.2, 0) is 14.8 Å². The maximum Gasteiger partial charge on any atom is 0.278 e. The molecule has 1 aromatic rings. The van der Waals surface area contributed by atoms with Gasteiger partial charge in [0.2, 0.25) is 10.0 Å². The van der Waals surface area contributed by atoms with Gasteiger partial charge in [0.1, 0.15) is 0 Å². The molecule has 1 fully saturated rings. The lowest BCUT2D eigenvalue weighted by molar-refractivity contribution is 0.0730. The number of morpholine rings is 1. The fraction of sp³-hybridized carbons (Fsp3) is 0.429. The van der Waals surface area contributed by atoms with Crippen LogP contribution in [0.1, 0.15) is 10.4 Å². The van der Waals surface area contributed by atoms with E-state index in [0.717, 1.165) is 0 Å². The van der Waals surface area contributed by atoms with E-state index in [1.54, 1.807) is 19.0 Å². The first kappa shape index (κ1) is 16.6. The molecular weight excluding hydrogens is 306 g/mol. The summed E-state index contributed by atoms with van der Waals surface area (Å²) in [7, 11) is -0.0174. The van der Waals surface area contributed by atoms with E-state index in [2.05, 4.69) is 4.99 Å². The molecule has 1 saturated heterocycles. The second kappa shape index (κ2) is 6.99. The molecule has 22 heavy (non-hydrogen) atoms. The molecule has 1 heterocycles. The van der Waals surface area contributed by atoms with Crippen molar-refractivity contribution in [1.82, 2.24) is 9.21 Å². The number of aliphatic imine (C=N–C) groups is 1. The second-order valence-corrected chi connectivity index (χ2v) is 6.99. The Bertz CT molecular complexity index is 647. The molecule has 0 unspecified atom stereocenters. The minimum Gasteiger partial charge on any atom is -0.379 e. The first-order valence-electron chi connectivity index (χ1n) is 6.84. The molecule has 120 valence electrons. The molecule has 0 N–H and O–H groups in total. The molecule has 0 saturated carbocycles. The summed E-state index contributed by atoms with van der Waals surface area (Å²) in [5, 5.41) is 0. The van der Waals surface area contributed by atoms with Gasteiger partial charge in [-0.25, -0.2) is 8.42 Å². The summed E-state index contributed by atoms with van der Waals surface area (Å²) in [6.45, 7) is 1.48. The summed E-state index contributed by atoms with van der Waals surface area (Å²) in [6.07, 6.45) is 1.40. The van der Waals surface area contributed by atoms with Crippen LogP contribution >= 0.6 is 0 Å². The molecule has 0 aliphatic carbocycles. The maximum atomic E-state index is 12.4. The summed E-state index contributed by atoms with van der Waals surface area (Å²) in [6, 6.07) is 5.82. The third-order valence-electron chi connectivity index (χ3n) is 3.12. The molecular formula is C14H19N3O4S. The number of ether oxygens (including phenoxy) is 1. The van der Waals surface area contributed by atoms with Crippen molar-refractivity contribution in [3.8, 4) is 0 Å². The fourth-order valence-corrected chi connectivity index (χ4v) is 3.36. The second-order valence-electron chi connectivity index (χ2n) is 5.05. The standard InChI is InChI=1S/C14H19N3O4S/c1-16(2)11-15-14(18)12-3-5-13(6-4-12)22(19,20)17-7-9-21-10-8-17/h3-6,11H,7-10H2,1-2H3. The van der Waals surface area contributed by atoms with Crippen molar-refractivity contribution in [2.24, 2.45) is 4.99 Å². The monoisotopic (exact) mass is 325 g/mol. The number of nitrogens with zero attached hydrogens (tertiary/aromatic N) is 3. The number of benzene rings is 1. The summed E-state index contributed by atoms with van der Waals surface area (Å²) in [4.78, 5) is 17.4. The first-order valence-corrected chi connectivity index (χ1v) is 8.28. The van der Waals surface area contributed by atoms with E-state index in [4.69, 9.17) is 4.74 Å². The minimum absolute atomic E-state index is 0.169. The molecule has 0 atom stereocenters. The third-order valence-corrected chi connectivity index (χ3v) is 5.03. The number of amides is 1. The van der Waals surface area contributed by atoms with E-state index in [9.17, 15) is 13.2 Å². The lowest BCUT2D eigenvalue weighted by Crippen LogP contribution is -2.40. The highest BCUT2D eigenvalue weighted by atomic mass is 32.2. The highest BCUT2D eigenvalue weighted by Gasteiger charge is 2.26. The van der Waals surface area contributed by atoms with Crippen molar-refractivity contribution in [3.63, 3.8) is 0 Å². The zero-order chi connectivity index (χ0) is 16.2. The van der Waals surface area contributed by atoms with Crippen molar-refractivity contribution in [1.29, 1.82) is 0 Å². The van der Waals surface area contributed by atoms with Crippen LogP contribution in [0, 0.1) is 0 Å². The number of sulfonamides is 1. The lowest BCUT2D eigenvalue weighted by Gasteiger charge is -2.26. The van der Waals surface area contributed by atoms with Crippen LogP contribution in [0.3, 0.4) is 0 Å². The molecule has 1 aliphatic rings. The fourth-order valence-electron chi connectivity index (χ4n) is 1.95. The van der Waals surface area contributed by atoms with Gasteiger partial charge in [-0.05, 0) is 24.3 Å². The average Bonchev–Trinajstić information content (AvgIpc) is 2.53. The van der Waals surface area contributed by atoms with Crippen LogP contribution in [0.4, 0.5) is 0 Å².